The summed E-state index contributed by atoms with van der Waals surface area (Å²) >= 11 is 5.97. The van der Waals surface area contributed by atoms with Crippen LogP contribution in [0.4, 0.5) is 4.39 Å². The number of hydrogen-bond donors (Lipinski definition) is 1. The molecule has 0 aliphatic heterocycles. The molecule has 0 heterocycles. The van der Waals surface area contributed by atoms with E-state index in [1.54, 1.807) is 0 Å². The number of rotatable bonds is 3. The van der Waals surface area contributed by atoms with E-state index in [9.17, 15) is 9.50 Å². The Hall–Kier alpha value is -1.38. The monoisotopic (exact) mass is 264 g/mol. The molecule has 2 aromatic rings. The Morgan fingerprint density at radius 3 is 2.67 bits per heavy atom. The summed E-state index contributed by atoms with van der Waals surface area (Å²) in [6.45, 7) is 1.98. The van der Waals surface area contributed by atoms with Gasteiger partial charge in [-0.3, -0.25) is 0 Å². The molecule has 0 fully saturated rings. The normalized spacial score (nSPS) is 12.4. The van der Waals surface area contributed by atoms with E-state index < -0.39 is 11.9 Å². The third-order valence-corrected chi connectivity index (χ3v) is 3.34. The van der Waals surface area contributed by atoms with Gasteiger partial charge in [0.2, 0.25) is 0 Å². The fourth-order valence-electron chi connectivity index (χ4n) is 1.93. The first-order chi connectivity index (χ1) is 8.58. The largest absolute Gasteiger partial charge is 0.388 e. The van der Waals surface area contributed by atoms with Gasteiger partial charge in [-0.2, -0.15) is 0 Å². The average Bonchev–Trinajstić information content (AvgIpc) is 2.35. The van der Waals surface area contributed by atoms with Crippen molar-refractivity contribution in [2.24, 2.45) is 0 Å². The maximum absolute atomic E-state index is 13.2. The van der Waals surface area contributed by atoms with Crippen LogP contribution in [0.2, 0.25) is 5.02 Å². The average molecular weight is 265 g/mol. The number of aryl methyl sites for hydroxylation is 1. The van der Waals surface area contributed by atoms with Crippen LogP contribution in [0.5, 0.6) is 0 Å². The molecular weight excluding hydrogens is 251 g/mol. The van der Waals surface area contributed by atoms with Gasteiger partial charge in [0.05, 0.1) is 6.10 Å². The summed E-state index contributed by atoms with van der Waals surface area (Å²) in [4.78, 5) is 0. The highest BCUT2D eigenvalue weighted by Gasteiger charge is 2.14. The summed E-state index contributed by atoms with van der Waals surface area (Å²) in [7, 11) is 0. The van der Waals surface area contributed by atoms with Crippen LogP contribution in [0.15, 0.2) is 42.5 Å². The molecule has 1 atom stereocenters. The molecule has 1 nitrogen and oxygen atoms in total. The van der Waals surface area contributed by atoms with E-state index in [0.717, 1.165) is 11.1 Å². The zero-order valence-electron chi connectivity index (χ0n) is 10.0. The third-order valence-electron chi connectivity index (χ3n) is 2.99. The first-order valence-electron chi connectivity index (χ1n) is 5.75. The van der Waals surface area contributed by atoms with Crippen LogP contribution < -0.4 is 0 Å². The summed E-state index contributed by atoms with van der Waals surface area (Å²) in [6, 6.07) is 11.8. The molecule has 0 aliphatic rings. The van der Waals surface area contributed by atoms with E-state index in [1.165, 1.54) is 18.2 Å². The molecule has 0 saturated carbocycles. The van der Waals surface area contributed by atoms with Gasteiger partial charge in [0.1, 0.15) is 5.82 Å². The van der Waals surface area contributed by atoms with E-state index in [1.807, 2.05) is 31.2 Å². The SMILES string of the molecule is Cc1ccccc1CC(O)c1cc(F)ccc1Cl. The molecule has 0 aliphatic carbocycles. The number of aliphatic hydroxyl groups excluding tert-OH is 1. The summed E-state index contributed by atoms with van der Waals surface area (Å²) in [5.74, 6) is -0.391. The van der Waals surface area contributed by atoms with Crippen LogP contribution in [0.1, 0.15) is 22.8 Å². The van der Waals surface area contributed by atoms with Crippen molar-refractivity contribution in [3.8, 4) is 0 Å². The van der Waals surface area contributed by atoms with Gasteiger partial charge in [-0.1, -0.05) is 35.9 Å². The Bertz CT molecular complexity index is 554. The van der Waals surface area contributed by atoms with Crippen LogP contribution in [-0.2, 0) is 6.42 Å². The van der Waals surface area contributed by atoms with Gasteiger partial charge in [-0.05, 0) is 36.2 Å². The zero-order chi connectivity index (χ0) is 13.1. The lowest BCUT2D eigenvalue weighted by molar-refractivity contribution is 0.178. The molecule has 0 saturated heterocycles. The van der Waals surface area contributed by atoms with Gasteiger partial charge < -0.3 is 5.11 Å². The highest BCUT2D eigenvalue weighted by Crippen LogP contribution is 2.27. The van der Waals surface area contributed by atoms with Crippen molar-refractivity contribution >= 4 is 11.6 Å². The molecule has 18 heavy (non-hydrogen) atoms. The summed E-state index contributed by atoms with van der Waals surface area (Å²) in [6.07, 6.45) is -0.371. The summed E-state index contributed by atoms with van der Waals surface area (Å²) in [5.41, 5.74) is 2.56. The molecule has 2 aromatic carbocycles. The quantitative estimate of drug-likeness (QED) is 0.886. The van der Waals surface area contributed by atoms with Crippen LogP contribution >= 0.6 is 11.6 Å². The number of aliphatic hydroxyl groups is 1. The molecule has 0 spiro atoms. The number of halogens is 2. The van der Waals surface area contributed by atoms with Gasteiger partial charge >= 0.3 is 0 Å². The van der Waals surface area contributed by atoms with Gasteiger partial charge in [-0.25, -0.2) is 4.39 Å². The van der Waals surface area contributed by atoms with Crippen molar-refractivity contribution in [3.63, 3.8) is 0 Å². The van der Waals surface area contributed by atoms with Crippen molar-refractivity contribution in [2.75, 3.05) is 0 Å². The number of benzene rings is 2. The minimum atomic E-state index is -0.797. The van der Waals surface area contributed by atoms with Gasteiger partial charge in [0.25, 0.3) is 0 Å². The molecular formula is C15H14ClFO. The van der Waals surface area contributed by atoms with Gasteiger partial charge in [-0.15, -0.1) is 0 Å². The lowest BCUT2D eigenvalue weighted by Gasteiger charge is -2.14. The maximum atomic E-state index is 13.2. The first kappa shape index (κ1) is 13.1. The summed E-state index contributed by atoms with van der Waals surface area (Å²) in [5, 5.41) is 10.5. The Morgan fingerprint density at radius 2 is 1.94 bits per heavy atom. The second-order valence-electron chi connectivity index (χ2n) is 4.31. The molecule has 0 bridgehead atoms. The molecule has 2 rings (SSSR count). The molecule has 1 N–H and O–H groups in total. The molecule has 3 heteroatoms. The van der Waals surface area contributed by atoms with Crippen LogP contribution in [0.3, 0.4) is 0 Å². The Balaban J connectivity index is 2.25. The van der Waals surface area contributed by atoms with Crippen molar-refractivity contribution in [3.05, 3.63) is 70.0 Å². The van der Waals surface area contributed by atoms with Gasteiger partial charge in [0, 0.05) is 17.0 Å². The minimum Gasteiger partial charge on any atom is -0.388 e. The molecule has 1 unspecified atom stereocenters. The first-order valence-corrected chi connectivity index (χ1v) is 6.13. The van der Waals surface area contributed by atoms with Gasteiger partial charge in [0.15, 0.2) is 0 Å². The van der Waals surface area contributed by atoms with Crippen LogP contribution in [-0.4, -0.2) is 5.11 Å². The van der Waals surface area contributed by atoms with E-state index in [4.69, 9.17) is 11.6 Å². The van der Waals surface area contributed by atoms with E-state index in [2.05, 4.69) is 0 Å². The zero-order valence-corrected chi connectivity index (χ0v) is 10.8. The van der Waals surface area contributed by atoms with Crippen molar-refractivity contribution < 1.29 is 9.50 Å². The van der Waals surface area contributed by atoms with E-state index in [-0.39, 0.29) is 0 Å². The Kier molecular flexibility index (Phi) is 4.00. The minimum absolute atomic E-state index is 0.387. The second kappa shape index (κ2) is 5.51. The van der Waals surface area contributed by atoms with Crippen molar-refractivity contribution in [1.82, 2.24) is 0 Å². The fourth-order valence-corrected chi connectivity index (χ4v) is 2.17. The van der Waals surface area contributed by atoms with Crippen LogP contribution in [0, 0.1) is 12.7 Å². The Labute approximate surface area is 111 Å². The third kappa shape index (κ3) is 2.89. The highest BCUT2D eigenvalue weighted by atomic mass is 35.5. The van der Waals surface area contributed by atoms with Crippen molar-refractivity contribution in [1.29, 1.82) is 0 Å². The fraction of sp³-hybridized carbons (Fsp3) is 0.200. The van der Waals surface area contributed by atoms with E-state index >= 15 is 0 Å². The molecule has 0 amide bonds. The Morgan fingerprint density at radius 1 is 1.22 bits per heavy atom. The van der Waals surface area contributed by atoms with E-state index in [0.29, 0.717) is 17.0 Å². The molecule has 0 radical (unpaired) electrons. The lowest BCUT2D eigenvalue weighted by atomic mass is 9.98. The smallest absolute Gasteiger partial charge is 0.123 e. The molecule has 94 valence electrons. The van der Waals surface area contributed by atoms with Crippen LogP contribution in [0.25, 0.3) is 0 Å². The predicted molar refractivity (Wildman–Crippen MR) is 71.3 cm³/mol. The molecule has 0 aromatic heterocycles. The van der Waals surface area contributed by atoms with Crippen molar-refractivity contribution in [2.45, 2.75) is 19.4 Å². The second-order valence-corrected chi connectivity index (χ2v) is 4.72. The lowest BCUT2D eigenvalue weighted by Crippen LogP contribution is -2.04. The maximum Gasteiger partial charge on any atom is 0.123 e. The highest BCUT2D eigenvalue weighted by molar-refractivity contribution is 6.31. The summed E-state index contributed by atoms with van der Waals surface area (Å²) < 4.78 is 13.2. The predicted octanol–water partition coefficient (Wildman–Crippen LogP) is 4.06. The topological polar surface area (TPSA) is 20.2 Å². The standard InChI is InChI=1S/C15H14ClFO/c1-10-4-2-3-5-11(10)8-15(18)13-9-12(17)6-7-14(13)16/h2-7,9,15,18H,8H2,1H3. The number of hydrogen-bond acceptors (Lipinski definition) is 1.